The van der Waals surface area contributed by atoms with Crippen molar-refractivity contribution in [1.29, 1.82) is 0 Å². The van der Waals surface area contributed by atoms with Crippen LogP contribution in [-0.2, 0) is 16.9 Å². The fraction of sp³-hybridized carbons (Fsp3) is 0.824. The maximum absolute atomic E-state index is 5.94. The highest BCUT2D eigenvalue weighted by molar-refractivity contribution is 7.11. The Hall–Kier alpha value is -0.450. The number of nitrogens with zero attached hydrogens (tertiary/aromatic N) is 1. The molecular formula is C17H30N2OS. The largest absolute Gasteiger partial charge is 0.371 e. The van der Waals surface area contributed by atoms with Crippen molar-refractivity contribution in [1.82, 2.24) is 10.3 Å². The molecule has 1 N–H and O–H groups in total. The van der Waals surface area contributed by atoms with Crippen LogP contribution in [0.4, 0.5) is 0 Å². The van der Waals surface area contributed by atoms with E-state index in [1.807, 2.05) is 24.6 Å². The Labute approximate surface area is 133 Å². The van der Waals surface area contributed by atoms with E-state index < -0.39 is 0 Å². The number of hydrogen-bond donors (Lipinski definition) is 1. The summed E-state index contributed by atoms with van der Waals surface area (Å²) >= 11 is 1.82. The molecule has 0 aliphatic heterocycles. The summed E-state index contributed by atoms with van der Waals surface area (Å²) in [5.74, 6) is 0.684. The summed E-state index contributed by atoms with van der Waals surface area (Å²) < 4.78 is 5.94. The topological polar surface area (TPSA) is 34.1 Å². The van der Waals surface area contributed by atoms with Gasteiger partial charge in [0, 0.05) is 24.7 Å². The minimum Gasteiger partial charge on any atom is -0.371 e. The van der Waals surface area contributed by atoms with Gasteiger partial charge in [-0.15, -0.1) is 11.3 Å². The molecule has 1 aromatic rings. The van der Waals surface area contributed by atoms with E-state index >= 15 is 0 Å². The highest BCUT2D eigenvalue weighted by atomic mass is 32.1. The Balaban J connectivity index is 2.01. The molecule has 2 rings (SSSR count). The molecular weight excluding hydrogens is 280 g/mol. The third-order valence-electron chi connectivity index (χ3n) is 4.60. The monoisotopic (exact) mass is 310 g/mol. The van der Waals surface area contributed by atoms with E-state index in [0.29, 0.717) is 11.3 Å². The van der Waals surface area contributed by atoms with Crippen molar-refractivity contribution in [2.45, 2.75) is 65.5 Å². The molecule has 1 aliphatic carbocycles. The average Bonchev–Trinajstić information content (AvgIpc) is 2.88. The zero-order valence-electron chi connectivity index (χ0n) is 14.2. The molecule has 120 valence electrons. The van der Waals surface area contributed by atoms with Gasteiger partial charge in [0.15, 0.2) is 0 Å². The number of rotatable bonds is 6. The third-order valence-corrected chi connectivity index (χ3v) is 5.78. The summed E-state index contributed by atoms with van der Waals surface area (Å²) in [6, 6.07) is 0. The first-order valence-electron chi connectivity index (χ1n) is 8.08. The van der Waals surface area contributed by atoms with Gasteiger partial charge in [-0.25, -0.2) is 4.98 Å². The minimum atomic E-state index is -0.142. The lowest BCUT2D eigenvalue weighted by atomic mass is 9.71. The summed E-state index contributed by atoms with van der Waals surface area (Å²) in [7, 11) is 1.84. The number of thiazole rings is 1. The Bertz CT molecular complexity index is 443. The quantitative estimate of drug-likeness (QED) is 0.849. The predicted molar refractivity (Wildman–Crippen MR) is 89.6 cm³/mol. The molecule has 0 atom stereocenters. The second kappa shape index (κ2) is 6.76. The van der Waals surface area contributed by atoms with Crippen LogP contribution in [0.1, 0.15) is 63.3 Å². The van der Waals surface area contributed by atoms with Gasteiger partial charge in [0.25, 0.3) is 0 Å². The van der Waals surface area contributed by atoms with Crippen LogP contribution in [0.25, 0.3) is 0 Å². The molecule has 1 fully saturated rings. The normalized spacial score (nSPS) is 20.9. The van der Waals surface area contributed by atoms with Crippen LogP contribution in [0, 0.1) is 11.3 Å². The van der Waals surface area contributed by atoms with E-state index in [1.54, 1.807) is 0 Å². The molecule has 0 amide bonds. The van der Waals surface area contributed by atoms with Crippen molar-refractivity contribution in [3.8, 4) is 0 Å². The van der Waals surface area contributed by atoms with Crippen LogP contribution in [0.5, 0.6) is 0 Å². The molecule has 0 saturated heterocycles. The summed E-state index contributed by atoms with van der Waals surface area (Å²) in [5.41, 5.74) is 0.303. The lowest BCUT2D eigenvalue weighted by Gasteiger charge is -2.41. The second-order valence-electron chi connectivity index (χ2n) is 7.52. The van der Waals surface area contributed by atoms with Crippen molar-refractivity contribution >= 4 is 11.3 Å². The van der Waals surface area contributed by atoms with E-state index in [4.69, 9.17) is 4.74 Å². The number of methoxy groups -OCH3 is 1. The summed E-state index contributed by atoms with van der Waals surface area (Å²) in [5, 5.41) is 4.66. The van der Waals surface area contributed by atoms with E-state index in [2.05, 4.69) is 38.0 Å². The first-order valence-corrected chi connectivity index (χ1v) is 8.90. The second-order valence-corrected chi connectivity index (χ2v) is 8.63. The van der Waals surface area contributed by atoms with Gasteiger partial charge in [0.2, 0.25) is 0 Å². The number of ether oxygens (including phenoxy) is 1. The molecule has 0 unspecified atom stereocenters. The molecule has 21 heavy (non-hydrogen) atoms. The highest BCUT2D eigenvalue weighted by Crippen LogP contribution is 2.47. The van der Waals surface area contributed by atoms with Gasteiger partial charge < -0.3 is 10.1 Å². The van der Waals surface area contributed by atoms with Crippen molar-refractivity contribution in [2.24, 2.45) is 11.3 Å². The van der Waals surface area contributed by atoms with Crippen molar-refractivity contribution in [3.63, 3.8) is 0 Å². The molecule has 1 heterocycles. The summed E-state index contributed by atoms with van der Waals surface area (Å²) in [6.45, 7) is 11.1. The van der Waals surface area contributed by atoms with Gasteiger partial charge in [-0.2, -0.15) is 0 Å². The molecule has 3 nitrogen and oxygen atoms in total. The van der Waals surface area contributed by atoms with Gasteiger partial charge >= 0.3 is 0 Å². The standard InChI is InChI=1S/C17H30N2OS/c1-13(2)10-18-11-14-12-19-15(21-14)17(20-5)8-6-16(3,4)7-9-17/h12-13,18H,6-11H2,1-5H3. The first kappa shape index (κ1) is 16.9. The molecule has 0 radical (unpaired) electrons. The van der Waals surface area contributed by atoms with Crippen LogP contribution in [0.2, 0.25) is 0 Å². The first-order chi connectivity index (χ1) is 9.87. The highest BCUT2D eigenvalue weighted by Gasteiger charge is 2.41. The fourth-order valence-corrected chi connectivity index (χ4v) is 4.03. The zero-order valence-corrected chi connectivity index (χ0v) is 15.0. The number of hydrogen-bond acceptors (Lipinski definition) is 4. The minimum absolute atomic E-state index is 0.142. The molecule has 1 saturated carbocycles. The van der Waals surface area contributed by atoms with E-state index in [-0.39, 0.29) is 5.60 Å². The molecule has 1 aliphatic rings. The van der Waals surface area contributed by atoms with Crippen LogP contribution < -0.4 is 5.32 Å². The lowest BCUT2D eigenvalue weighted by molar-refractivity contribution is -0.0667. The fourth-order valence-electron chi connectivity index (χ4n) is 2.92. The van der Waals surface area contributed by atoms with Crippen LogP contribution in [-0.4, -0.2) is 18.6 Å². The molecule has 0 spiro atoms. The Morgan fingerprint density at radius 1 is 1.29 bits per heavy atom. The van der Waals surface area contributed by atoms with Crippen molar-refractivity contribution in [3.05, 3.63) is 16.1 Å². The lowest BCUT2D eigenvalue weighted by Crippen LogP contribution is -2.36. The van der Waals surface area contributed by atoms with Crippen molar-refractivity contribution < 1.29 is 4.74 Å². The molecule has 1 aromatic heterocycles. The van der Waals surface area contributed by atoms with Gasteiger partial charge in [-0.3, -0.25) is 0 Å². The Kier molecular flexibility index (Phi) is 5.44. The van der Waals surface area contributed by atoms with Crippen LogP contribution in [0.15, 0.2) is 6.20 Å². The zero-order chi connectivity index (χ0) is 15.5. The smallest absolute Gasteiger partial charge is 0.125 e. The van der Waals surface area contributed by atoms with Crippen molar-refractivity contribution in [2.75, 3.05) is 13.7 Å². The number of nitrogens with one attached hydrogen (secondary N) is 1. The van der Waals surface area contributed by atoms with E-state index in [0.717, 1.165) is 25.9 Å². The van der Waals surface area contributed by atoms with Gasteiger partial charge in [0.1, 0.15) is 10.6 Å². The summed E-state index contributed by atoms with van der Waals surface area (Å²) in [4.78, 5) is 5.99. The summed E-state index contributed by atoms with van der Waals surface area (Å²) in [6.07, 6.45) is 6.61. The SMILES string of the molecule is COC1(c2ncc(CNCC(C)C)s2)CCC(C)(C)CC1. The van der Waals surface area contributed by atoms with Gasteiger partial charge in [0.05, 0.1) is 0 Å². The molecule has 4 heteroatoms. The van der Waals surface area contributed by atoms with E-state index in [1.165, 1.54) is 22.7 Å². The number of aromatic nitrogens is 1. The van der Waals surface area contributed by atoms with Crippen LogP contribution >= 0.6 is 11.3 Å². The predicted octanol–water partition coefficient (Wildman–Crippen LogP) is 4.33. The Morgan fingerprint density at radius 2 is 1.95 bits per heavy atom. The average molecular weight is 311 g/mol. The third kappa shape index (κ3) is 4.27. The Morgan fingerprint density at radius 3 is 2.52 bits per heavy atom. The maximum Gasteiger partial charge on any atom is 0.125 e. The van der Waals surface area contributed by atoms with E-state index in [9.17, 15) is 0 Å². The van der Waals surface area contributed by atoms with Gasteiger partial charge in [-0.05, 0) is 43.6 Å². The van der Waals surface area contributed by atoms with Crippen LogP contribution in [0.3, 0.4) is 0 Å². The van der Waals surface area contributed by atoms with Gasteiger partial charge in [-0.1, -0.05) is 27.7 Å². The molecule has 0 aromatic carbocycles. The maximum atomic E-state index is 5.94. The molecule has 0 bridgehead atoms.